The number of nitrogens with zero attached hydrogens (tertiary/aromatic N) is 1. The zero-order valence-electron chi connectivity index (χ0n) is 9.02. The van der Waals surface area contributed by atoms with Crippen molar-refractivity contribution in [3.63, 3.8) is 0 Å². The van der Waals surface area contributed by atoms with Crippen molar-refractivity contribution in [3.8, 4) is 5.75 Å². The number of rotatable bonds is 4. The van der Waals surface area contributed by atoms with Gasteiger partial charge >= 0.3 is 0 Å². The zero-order valence-corrected chi connectivity index (χ0v) is 9.02. The van der Waals surface area contributed by atoms with Crippen LogP contribution < -0.4 is 10.1 Å². The molecular formula is C10H12N2O4. The number of carbonyl (C=O) groups is 1. The van der Waals surface area contributed by atoms with Crippen LogP contribution >= 0.6 is 0 Å². The topological polar surface area (TPSA) is 81.5 Å². The third-order valence-corrected chi connectivity index (χ3v) is 1.95. The second-order valence-electron chi connectivity index (χ2n) is 2.92. The number of ether oxygens (including phenoxy) is 1. The third kappa shape index (κ3) is 2.28. The number of carbonyl (C=O) groups excluding carboxylic acids is 1. The Morgan fingerprint density at radius 2 is 2.25 bits per heavy atom. The number of nitrogens with one attached hydrogen (secondary N) is 1. The smallest absolute Gasteiger partial charge is 0.285 e. The van der Waals surface area contributed by atoms with Gasteiger partial charge in [-0.25, -0.2) is 0 Å². The minimum atomic E-state index is -0.604. The van der Waals surface area contributed by atoms with Crippen LogP contribution in [0.2, 0.25) is 0 Å². The summed E-state index contributed by atoms with van der Waals surface area (Å²) in [6.07, 6.45) is 0. The summed E-state index contributed by atoms with van der Waals surface area (Å²) >= 11 is 0. The average molecular weight is 224 g/mol. The summed E-state index contributed by atoms with van der Waals surface area (Å²) in [5, 5.41) is 13.1. The maximum Gasteiger partial charge on any atom is 0.285 e. The van der Waals surface area contributed by atoms with E-state index in [9.17, 15) is 14.9 Å². The van der Waals surface area contributed by atoms with Crippen molar-refractivity contribution in [2.24, 2.45) is 0 Å². The molecule has 0 aliphatic carbocycles. The van der Waals surface area contributed by atoms with Gasteiger partial charge in [0.05, 0.1) is 11.5 Å². The first-order chi connectivity index (χ1) is 7.61. The summed E-state index contributed by atoms with van der Waals surface area (Å²) in [7, 11) is 1.41. The van der Waals surface area contributed by atoms with Crippen molar-refractivity contribution in [2.45, 2.75) is 6.92 Å². The van der Waals surface area contributed by atoms with Gasteiger partial charge in [0.25, 0.3) is 11.6 Å². The van der Waals surface area contributed by atoms with Crippen molar-refractivity contribution < 1.29 is 14.5 Å². The predicted octanol–water partition coefficient (Wildman–Crippen LogP) is 1.35. The van der Waals surface area contributed by atoms with E-state index >= 15 is 0 Å². The number of benzene rings is 1. The maximum absolute atomic E-state index is 11.5. The minimum Gasteiger partial charge on any atom is -0.493 e. The molecule has 16 heavy (non-hydrogen) atoms. The van der Waals surface area contributed by atoms with Gasteiger partial charge in [-0.3, -0.25) is 14.9 Å². The highest BCUT2D eigenvalue weighted by Gasteiger charge is 2.23. The molecule has 0 spiro atoms. The third-order valence-electron chi connectivity index (χ3n) is 1.95. The molecule has 0 bridgehead atoms. The van der Waals surface area contributed by atoms with Crippen molar-refractivity contribution >= 4 is 11.6 Å². The quantitative estimate of drug-likeness (QED) is 0.618. The molecule has 1 rings (SSSR count). The standard InChI is InChI=1S/C10H12N2O4/c1-3-16-8-6-4-5-7(12(14)15)9(8)10(13)11-2/h4-6H,3H2,1-2H3,(H,11,13). The Labute approximate surface area is 92.4 Å². The molecule has 0 unspecified atom stereocenters. The molecule has 1 aromatic carbocycles. The van der Waals surface area contributed by atoms with E-state index in [-0.39, 0.29) is 17.0 Å². The summed E-state index contributed by atoms with van der Waals surface area (Å²) in [5.41, 5.74) is -0.304. The Balaban J connectivity index is 3.34. The lowest BCUT2D eigenvalue weighted by atomic mass is 10.1. The second kappa shape index (κ2) is 5.11. The lowest BCUT2D eigenvalue weighted by molar-refractivity contribution is -0.385. The van der Waals surface area contributed by atoms with Crippen LogP contribution in [0.4, 0.5) is 5.69 Å². The van der Waals surface area contributed by atoms with E-state index in [2.05, 4.69) is 5.32 Å². The van der Waals surface area contributed by atoms with E-state index < -0.39 is 10.8 Å². The number of nitro benzene ring substituents is 1. The van der Waals surface area contributed by atoms with E-state index in [4.69, 9.17) is 4.74 Å². The van der Waals surface area contributed by atoms with Crippen LogP contribution in [0.1, 0.15) is 17.3 Å². The van der Waals surface area contributed by atoms with Crippen LogP contribution in [0.5, 0.6) is 5.75 Å². The Morgan fingerprint density at radius 3 is 2.75 bits per heavy atom. The molecule has 86 valence electrons. The fourth-order valence-corrected chi connectivity index (χ4v) is 1.30. The largest absolute Gasteiger partial charge is 0.493 e. The molecule has 0 aliphatic rings. The fraction of sp³-hybridized carbons (Fsp3) is 0.300. The number of hydrogen-bond donors (Lipinski definition) is 1. The number of amides is 1. The summed E-state index contributed by atoms with van der Waals surface area (Å²) in [6.45, 7) is 2.08. The van der Waals surface area contributed by atoms with E-state index in [1.807, 2.05) is 0 Å². The number of nitro groups is 1. The molecule has 0 saturated heterocycles. The van der Waals surface area contributed by atoms with Crippen molar-refractivity contribution in [2.75, 3.05) is 13.7 Å². The van der Waals surface area contributed by atoms with Crippen molar-refractivity contribution in [3.05, 3.63) is 33.9 Å². The molecule has 0 heterocycles. The molecule has 0 radical (unpaired) electrons. The summed E-state index contributed by atoms with van der Waals surface area (Å²) in [5.74, 6) is -0.313. The van der Waals surface area contributed by atoms with Crippen LogP contribution in [0.25, 0.3) is 0 Å². The van der Waals surface area contributed by atoms with E-state index in [1.165, 1.54) is 25.2 Å². The molecule has 0 aromatic heterocycles. The molecule has 0 saturated carbocycles. The summed E-state index contributed by atoms with van der Waals surface area (Å²) < 4.78 is 5.19. The first-order valence-electron chi connectivity index (χ1n) is 4.74. The van der Waals surface area contributed by atoms with Gasteiger partial charge in [0, 0.05) is 13.1 Å². The van der Waals surface area contributed by atoms with Gasteiger partial charge < -0.3 is 10.1 Å². The van der Waals surface area contributed by atoms with Crippen molar-refractivity contribution in [1.29, 1.82) is 0 Å². The molecule has 0 atom stereocenters. The molecule has 0 fully saturated rings. The van der Waals surface area contributed by atoms with Crippen LogP contribution in [-0.4, -0.2) is 24.5 Å². The fourth-order valence-electron chi connectivity index (χ4n) is 1.30. The molecule has 1 amide bonds. The Morgan fingerprint density at radius 1 is 1.56 bits per heavy atom. The molecule has 6 heteroatoms. The normalized spacial score (nSPS) is 9.62. The van der Waals surface area contributed by atoms with Gasteiger partial charge in [0.1, 0.15) is 5.75 Å². The van der Waals surface area contributed by atoms with Crippen LogP contribution in [0, 0.1) is 10.1 Å². The number of hydrogen-bond acceptors (Lipinski definition) is 4. The highest BCUT2D eigenvalue weighted by atomic mass is 16.6. The second-order valence-corrected chi connectivity index (χ2v) is 2.92. The van der Waals surface area contributed by atoms with E-state index in [0.717, 1.165) is 0 Å². The van der Waals surface area contributed by atoms with E-state index in [0.29, 0.717) is 6.61 Å². The van der Waals surface area contributed by atoms with Crippen molar-refractivity contribution in [1.82, 2.24) is 5.32 Å². The Bertz CT molecular complexity index is 417. The molecular weight excluding hydrogens is 212 g/mol. The van der Waals surface area contributed by atoms with Gasteiger partial charge in [-0.05, 0) is 13.0 Å². The highest BCUT2D eigenvalue weighted by Crippen LogP contribution is 2.28. The van der Waals surface area contributed by atoms with Gasteiger partial charge in [0.2, 0.25) is 0 Å². The lowest BCUT2D eigenvalue weighted by Crippen LogP contribution is -2.20. The first-order valence-corrected chi connectivity index (χ1v) is 4.74. The highest BCUT2D eigenvalue weighted by molar-refractivity contribution is 6.00. The lowest BCUT2D eigenvalue weighted by Gasteiger charge is -2.08. The molecule has 6 nitrogen and oxygen atoms in total. The summed E-state index contributed by atoms with van der Waals surface area (Å²) in [4.78, 5) is 21.7. The SMILES string of the molecule is CCOc1cccc([N+](=O)[O-])c1C(=O)NC. The first kappa shape index (κ1) is 12.0. The Hall–Kier alpha value is -2.11. The van der Waals surface area contributed by atoms with Crippen LogP contribution in [0.3, 0.4) is 0 Å². The zero-order chi connectivity index (χ0) is 12.1. The van der Waals surface area contributed by atoms with Gasteiger partial charge in [-0.15, -0.1) is 0 Å². The monoisotopic (exact) mass is 224 g/mol. The minimum absolute atomic E-state index is 0.0446. The maximum atomic E-state index is 11.5. The average Bonchev–Trinajstić information content (AvgIpc) is 2.28. The van der Waals surface area contributed by atoms with Crippen LogP contribution in [-0.2, 0) is 0 Å². The molecule has 0 aliphatic heterocycles. The Kier molecular flexibility index (Phi) is 3.82. The molecule has 1 N–H and O–H groups in total. The van der Waals surface area contributed by atoms with Gasteiger partial charge in [-0.1, -0.05) is 6.07 Å². The van der Waals surface area contributed by atoms with Crippen LogP contribution in [0.15, 0.2) is 18.2 Å². The van der Waals surface area contributed by atoms with Gasteiger partial charge in [0.15, 0.2) is 5.56 Å². The molecule has 1 aromatic rings. The van der Waals surface area contributed by atoms with Gasteiger partial charge in [-0.2, -0.15) is 0 Å². The summed E-state index contributed by atoms with van der Waals surface area (Å²) in [6, 6.07) is 4.28. The predicted molar refractivity (Wildman–Crippen MR) is 57.7 cm³/mol. The van der Waals surface area contributed by atoms with E-state index in [1.54, 1.807) is 6.92 Å².